The van der Waals surface area contributed by atoms with E-state index in [0.29, 0.717) is 0 Å². The first-order valence-corrected chi connectivity index (χ1v) is 17.4. The molecule has 0 aliphatic rings. The molecular formula is C46H29NOS. The number of para-hydroxylation sites is 1. The second kappa shape index (κ2) is 11.2. The van der Waals surface area contributed by atoms with Crippen LogP contribution in [-0.2, 0) is 0 Å². The minimum atomic E-state index is 0.892. The predicted molar refractivity (Wildman–Crippen MR) is 210 cm³/mol. The number of fused-ring (bicyclic) bond motifs is 8. The zero-order valence-corrected chi connectivity index (χ0v) is 27.3. The molecule has 0 fully saturated rings. The van der Waals surface area contributed by atoms with Crippen molar-refractivity contribution in [1.82, 2.24) is 0 Å². The van der Waals surface area contributed by atoms with Crippen LogP contribution in [0.5, 0.6) is 0 Å². The van der Waals surface area contributed by atoms with Crippen molar-refractivity contribution in [3.8, 4) is 22.3 Å². The lowest BCUT2D eigenvalue weighted by atomic mass is 9.96. The Morgan fingerprint density at radius 1 is 0.449 bits per heavy atom. The van der Waals surface area contributed by atoms with Gasteiger partial charge in [-0.1, -0.05) is 133 Å². The Morgan fingerprint density at radius 3 is 2.08 bits per heavy atom. The maximum absolute atomic E-state index is 6.64. The second-order valence-corrected chi connectivity index (χ2v) is 13.5. The van der Waals surface area contributed by atoms with Gasteiger partial charge in [-0.15, -0.1) is 11.3 Å². The lowest BCUT2D eigenvalue weighted by Crippen LogP contribution is -2.11. The van der Waals surface area contributed by atoms with Gasteiger partial charge in [0.25, 0.3) is 0 Å². The summed E-state index contributed by atoms with van der Waals surface area (Å²) in [6, 6.07) is 63.2. The van der Waals surface area contributed by atoms with E-state index in [2.05, 4.69) is 181 Å². The third kappa shape index (κ3) is 4.47. The highest BCUT2D eigenvalue weighted by molar-refractivity contribution is 7.26. The molecule has 2 aromatic heterocycles. The van der Waals surface area contributed by atoms with Crippen LogP contribution in [0.4, 0.5) is 17.1 Å². The summed E-state index contributed by atoms with van der Waals surface area (Å²) in [5, 5.41) is 7.13. The quantitative estimate of drug-likeness (QED) is 0.186. The van der Waals surface area contributed by atoms with Crippen LogP contribution < -0.4 is 4.90 Å². The smallest absolute Gasteiger partial charge is 0.143 e. The number of nitrogens with zero attached hydrogens (tertiary/aromatic N) is 1. The van der Waals surface area contributed by atoms with E-state index in [1.807, 2.05) is 11.3 Å². The molecule has 0 N–H and O–H groups in total. The van der Waals surface area contributed by atoms with Crippen molar-refractivity contribution in [3.05, 3.63) is 176 Å². The number of rotatable bonds is 5. The molecule has 10 aromatic rings. The largest absolute Gasteiger partial charge is 0.455 e. The molecule has 0 radical (unpaired) electrons. The Balaban J connectivity index is 1.27. The van der Waals surface area contributed by atoms with Crippen molar-refractivity contribution in [2.45, 2.75) is 0 Å². The molecule has 0 saturated heterocycles. The summed E-state index contributed by atoms with van der Waals surface area (Å²) < 4.78 is 9.20. The van der Waals surface area contributed by atoms with E-state index in [1.54, 1.807) is 0 Å². The van der Waals surface area contributed by atoms with E-state index >= 15 is 0 Å². The minimum absolute atomic E-state index is 0.892. The zero-order valence-electron chi connectivity index (χ0n) is 26.5. The van der Waals surface area contributed by atoms with Gasteiger partial charge in [0.15, 0.2) is 0 Å². The monoisotopic (exact) mass is 643 g/mol. The number of hydrogen-bond donors (Lipinski definition) is 0. The normalized spacial score (nSPS) is 11.7. The van der Waals surface area contributed by atoms with E-state index < -0.39 is 0 Å². The first-order chi connectivity index (χ1) is 24.3. The van der Waals surface area contributed by atoms with Crippen LogP contribution in [0.3, 0.4) is 0 Å². The molecule has 3 heteroatoms. The van der Waals surface area contributed by atoms with Gasteiger partial charge < -0.3 is 9.32 Å². The highest BCUT2D eigenvalue weighted by atomic mass is 32.1. The Hall–Kier alpha value is -6.16. The van der Waals surface area contributed by atoms with E-state index in [0.717, 1.165) is 55.5 Å². The van der Waals surface area contributed by atoms with Crippen LogP contribution in [0, 0.1) is 0 Å². The molecule has 0 bridgehead atoms. The summed E-state index contributed by atoms with van der Waals surface area (Å²) in [6.07, 6.45) is 0. The van der Waals surface area contributed by atoms with Crippen LogP contribution >= 0.6 is 11.3 Å². The van der Waals surface area contributed by atoms with Crippen molar-refractivity contribution in [1.29, 1.82) is 0 Å². The van der Waals surface area contributed by atoms with Gasteiger partial charge >= 0.3 is 0 Å². The molecule has 2 heterocycles. The van der Waals surface area contributed by atoms with Gasteiger partial charge in [-0.3, -0.25) is 0 Å². The molecule has 0 atom stereocenters. The maximum atomic E-state index is 6.64. The summed E-state index contributed by atoms with van der Waals surface area (Å²) in [6.45, 7) is 0. The molecule has 10 rings (SSSR count). The number of thiophene rings is 1. The summed E-state index contributed by atoms with van der Waals surface area (Å²) in [4.78, 5) is 2.45. The van der Waals surface area contributed by atoms with Crippen LogP contribution in [0.2, 0.25) is 0 Å². The fourth-order valence-electron chi connectivity index (χ4n) is 7.45. The third-order valence-corrected chi connectivity index (χ3v) is 10.9. The fraction of sp³-hybridized carbons (Fsp3) is 0. The predicted octanol–water partition coefficient (Wildman–Crippen LogP) is 13.9. The van der Waals surface area contributed by atoms with Gasteiger partial charge in [-0.25, -0.2) is 0 Å². The van der Waals surface area contributed by atoms with E-state index in [1.165, 1.54) is 36.7 Å². The molecule has 0 aliphatic heterocycles. The Kier molecular flexibility index (Phi) is 6.39. The molecule has 2 nitrogen and oxygen atoms in total. The lowest BCUT2D eigenvalue weighted by Gasteiger charge is -2.29. The summed E-state index contributed by atoms with van der Waals surface area (Å²) in [7, 11) is 0. The Morgan fingerprint density at radius 2 is 1.14 bits per heavy atom. The zero-order chi connectivity index (χ0) is 32.3. The number of benzene rings is 8. The SMILES string of the molecule is c1ccc(-c2cccc(N(c3ccccc3-c3cccc4oc5c6ccccc6ccc5c34)c3cccc4c3sc3ccccc34)c2)cc1. The van der Waals surface area contributed by atoms with Crippen molar-refractivity contribution in [2.75, 3.05) is 4.90 Å². The molecule has 8 aromatic carbocycles. The number of furan rings is 1. The average molecular weight is 644 g/mol. The Bertz CT molecular complexity index is 2840. The van der Waals surface area contributed by atoms with E-state index in [9.17, 15) is 0 Å². The van der Waals surface area contributed by atoms with Crippen molar-refractivity contribution >= 4 is 81.3 Å². The van der Waals surface area contributed by atoms with Gasteiger partial charge in [0.2, 0.25) is 0 Å². The van der Waals surface area contributed by atoms with Crippen LogP contribution in [0.15, 0.2) is 180 Å². The molecule has 0 unspecified atom stereocenters. The van der Waals surface area contributed by atoms with Crippen molar-refractivity contribution in [3.63, 3.8) is 0 Å². The lowest BCUT2D eigenvalue weighted by molar-refractivity contribution is 0.673. The topological polar surface area (TPSA) is 16.4 Å². The number of anilines is 3. The van der Waals surface area contributed by atoms with E-state index in [-0.39, 0.29) is 0 Å². The first kappa shape index (κ1) is 27.9. The van der Waals surface area contributed by atoms with Gasteiger partial charge in [0.1, 0.15) is 11.2 Å². The molecular weight excluding hydrogens is 615 g/mol. The van der Waals surface area contributed by atoms with Gasteiger partial charge in [0, 0.05) is 42.9 Å². The Labute approximate surface area is 287 Å². The second-order valence-electron chi connectivity index (χ2n) is 12.5. The molecule has 230 valence electrons. The van der Waals surface area contributed by atoms with E-state index in [4.69, 9.17) is 4.42 Å². The highest BCUT2D eigenvalue weighted by Gasteiger charge is 2.23. The van der Waals surface area contributed by atoms with Gasteiger partial charge in [0.05, 0.1) is 16.1 Å². The summed E-state index contributed by atoms with van der Waals surface area (Å²) in [5.74, 6) is 0. The van der Waals surface area contributed by atoms with Crippen LogP contribution in [0.1, 0.15) is 0 Å². The average Bonchev–Trinajstić information content (AvgIpc) is 3.75. The fourth-order valence-corrected chi connectivity index (χ4v) is 8.65. The maximum Gasteiger partial charge on any atom is 0.143 e. The molecule has 0 aliphatic carbocycles. The first-order valence-electron chi connectivity index (χ1n) is 16.6. The van der Waals surface area contributed by atoms with Crippen LogP contribution in [-0.4, -0.2) is 0 Å². The molecule has 0 amide bonds. The number of hydrogen-bond acceptors (Lipinski definition) is 3. The summed E-state index contributed by atoms with van der Waals surface area (Å²) in [5.41, 5.74) is 9.87. The molecule has 49 heavy (non-hydrogen) atoms. The van der Waals surface area contributed by atoms with Crippen molar-refractivity contribution < 1.29 is 4.42 Å². The molecule has 0 spiro atoms. The van der Waals surface area contributed by atoms with Crippen LogP contribution in [0.25, 0.3) is 75.1 Å². The standard InChI is InChI=1S/C46H29NOS/c1-2-13-30(14-3-1)32-16-10-17-33(29-32)47(41-24-11-22-38-36-20-7-9-26-43(36)49-46(38)41)40-23-8-6-19-35(40)37-21-12-25-42-44(37)39-28-27-31-15-4-5-18-34(31)45(39)48-42/h1-29H. The highest BCUT2D eigenvalue weighted by Crippen LogP contribution is 2.49. The van der Waals surface area contributed by atoms with Crippen molar-refractivity contribution in [2.24, 2.45) is 0 Å². The summed E-state index contributed by atoms with van der Waals surface area (Å²) >= 11 is 1.86. The third-order valence-electron chi connectivity index (χ3n) is 9.66. The van der Waals surface area contributed by atoms with Gasteiger partial charge in [-0.05, 0) is 64.5 Å². The minimum Gasteiger partial charge on any atom is -0.455 e. The van der Waals surface area contributed by atoms with Gasteiger partial charge in [-0.2, -0.15) is 0 Å². The molecule has 0 saturated carbocycles.